The van der Waals surface area contributed by atoms with Gasteiger partial charge in [-0.2, -0.15) is 0 Å². The molecule has 1 aromatic heterocycles. The molecule has 2 saturated carbocycles. The standard InChI is InChI=1S/C19H32N4O/c1-15-14-21-18(23(15)17-10-6-3-7-11-17)12-13-20-19(24)22-16-8-4-2-5-9-16/h14,16-17H,2-13H2,1H3,(H2,20,22,24). The molecule has 0 spiro atoms. The summed E-state index contributed by atoms with van der Waals surface area (Å²) < 4.78 is 2.42. The van der Waals surface area contributed by atoms with Gasteiger partial charge in [-0.1, -0.05) is 38.5 Å². The minimum Gasteiger partial charge on any atom is -0.338 e. The van der Waals surface area contributed by atoms with Gasteiger partial charge in [0.2, 0.25) is 0 Å². The molecule has 0 bridgehead atoms. The zero-order valence-corrected chi connectivity index (χ0v) is 15.0. The third-order valence-electron chi connectivity index (χ3n) is 5.57. The molecule has 0 saturated heterocycles. The first-order chi connectivity index (χ1) is 11.7. The van der Waals surface area contributed by atoms with E-state index < -0.39 is 0 Å². The van der Waals surface area contributed by atoms with E-state index >= 15 is 0 Å². The maximum atomic E-state index is 12.0. The maximum absolute atomic E-state index is 12.0. The number of carbonyl (C=O) groups is 1. The van der Waals surface area contributed by atoms with Crippen molar-refractivity contribution in [2.45, 2.75) is 89.6 Å². The Morgan fingerprint density at radius 1 is 1.12 bits per heavy atom. The molecule has 2 N–H and O–H groups in total. The lowest BCUT2D eigenvalue weighted by Gasteiger charge is -2.26. The third-order valence-corrected chi connectivity index (χ3v) is 5.57. The highest BCUT2D eigenvalue weighted by atomic mass is 16.2. The first kappa shape index (κ1) is 17.3. The number of hydrogen-bond acceptors (Lipinski definition) is 2. The van der Waals surface area contributed by atoms with E-state index in [0.29, 0.717) is 18.6 Å². The van der Waals surface area contributed by atoms with Crippen molar-refractivity contribution in [3.8, 4) is 0 Å². The number of rotatable bonds is 5. The smallest absolute Gasteiger partial charge is 0.315 e. The van der Waals surface area contributed by atoms with Crippen molar-refractivity contribution in [3.05, 3.63) is 17.7 Å². The van der Waals surface area contributed by atoms with E-state index in [2.05, 4.69) is 27.1 Å². The van der Waals surface area contributed by atoms with Crippen LogP contribution in [0.25, 0.3) is 0 Å². The topological polar surface area (TPSA) is 59.0 Å². The van der Waals surface area contributed by atoms with E-state index in [9.17, 15) is 4.79 Å². The summed E-state index contributed by atoms with van der Waals surface area (Å²) >= 11 is 0. The molecule has 0 aliphatic heterocycles. The lowest BCUT2D eigenvalue weighted by Crippen LogP contribution is -2.43. The van der Waals surface area contributed by atoms with Crippen molar-refractivity contribution in [1.82, 2.24) is 20.2 Å². The number of hydrogen-bond donors (Lipinski definition) is 2. The van der Waals surface area contributed by atoms with E-state index in [1.165, 1.54) is 57.1 Å². The number of nitrogens with zero attached hydrogens (tertiary/aromatic N) is 2. The molecule has 2 fully saturated rings. The highest BCUT2D eigenvalue weighted by Gasteiger charge is 2.20. The van der Waals surface area contributed by atoms with Crippen LogP contribution in [0.2, 0.25) is 0 Å². The largest absolute Gasteiger partial charge is 0.338 e. The van der Waals surface area contributed by atoms with Gasteiger partial charge in [-0.25, -0.2) is 9.78 Å². The van der Waals surface area contributed by atoms with E-state index in [1.807, 2.05) is 6.20 Å². The predicted octanol–water partition coefficient (Wildman–Crippen LogP) is 3.87. The first-order valence-corrected chi connectivity index (χ1v) is 9.81. The average molecular weight is 332 g/mol. The van der Waals surface area contributed by atoms with Gasteiger partial charge in [0, 0.05) is 36.9 Å². The van der Waals surface area contributed by atoms with Gasteiger partial charge in [0.15, 0.2) is 0 Å². The molecule has 2 aliphatic rings. The van der Waals surface area contributed by atoms with E-state index in [4.69, 9.17) is 0 Å². The molecule has 24 heavy (non-hydrogen) atoms. The molecule has 1 heterocycles. The highest BCUT2D eigenvalue weighted by molar-refractivity contribution is 5.74. The van der Waals surface area contributed by atoms with Gasteiger partial charge >= 0.3 is 6.03 Å². The summed E-state index contributed by atoms with van der Waals surface area (Å²) in [4.78, 5) is 16.6. The lowest BCUT2D eigenvalue weighted by molar-refractivity contribution is 0.232. The normalized spacial score (nSPS) is 20.0. The van der Waals surface area contributed by atoms with Gasteiger partial charge in [-0.3, -0.25) is 0 Å². The number of amides is 2. The fourth-order valence-corrected chi connectivity index (χ4v) is 4.29. The fourth-order valence-electron chi connectivity index (χ4n) is 4.29. The van der Waals surface area contributed by atoms with E-state index in [-0.39, 0.29) is 6.03 Å². The number of imidazole rings is 1. The molecular weight excluding hydrogens is 300 g/mol. The Bertz CT molecular complexity index is 527. The second-order valence-corrected chi connectivity index (χ2v) is 7.46. The van der Waals surface area contributed by atoms with Crippen molar-refractivity contribution >= 4 is 6.03 Å². The number of nitrogens with one attached hydrogen (secondary N) is 2. The van der Waals surface area contributed by atoms with Crippen LogP contribution in [-0.4, -0.2) is 28.2 Å². The van der Waals surface area contributed by atoms with Crippen LogP contribution >= 0.6 is 0 Å². The number of urea groups is 1. The molecule has 2 aliphatic carbocycles. The molecule has 0 radical (unpaired) electrons. The second kappa shape index (κ2) is 8.54. The van der Waals surface area contributed by atoms with E-state index in [0.717, 1.165) is 25.1 Å². The lowest BCUT2D eigenvalue weighted by atomic mass is 9.95. The zero-order valence-electron chi connectivity index (χ0n) is 15.0. The molecule has 5 heteroatoms. The molecule has 3 rings (SSSR count). The minimum absolute atomic E-state index is 0.0191. The average Bonchev–Trinajstić information content (AvgIpc) is 2.97. The molecule has 0 atom stereocenters. The van der Waals surface area contributed by atoms with Gasteiger partial charge in [-0.15, -0.1) is 0 Å². The van der Waals surface area contributed by atoms with Crippen molar-refractivity contribution in [2.24, 2.45) is 0 Å². The van der Waals surface area contributed by atoms with Crippen LogP contribution in [0.4, 0.5) is 4.79 Å². The Balaban J connectivity index is 1.47. The molecule has 1 aromatic rings. The summed E-state index contributed by atoms with van der Waals surface area (Å²) in [6, 6.07) is 0.951. The molecule has 0 aromatic carbocycles. The van der Waals surface area contributed by atoms with Crippen molar-refractivity contribution in [2.75, 3.05) is 6.54 Å². The monoisotopic (exact) mass is 332 g/mol. The predicted molar refractivity (Wildman–Crippen MR) is 96.2 cm³/mol. The molecular formula is C19H32N4O. The van der Waals surface area contributed by atoms with Crippen LogP contribution < -0.4 is 10.6 Å². The maximum Gasteiger partial charge on any atom is 0.315 e. The van der Waals surface area contributed by atoms with Crippen LogP contribution in [0.15, 0.2) is 6.20 Å². The Morgan fingerprint density at radius 2 is 1.79 bits per heavy atom. The first-order valence-electron chi connectivity index (χ1n) is 9.81. The van der Waals surface area contributed by atoms with Gasteiger partial charge in [-0.05, 0) is 32.6 Å². The van der Waals surface area contributed by atoms with Gasteiger partial charge in [0.1, 0.15) is 5.82 Å². The minimum atomic E-state index is -0.0191. The van der Waals surface area contributed by atoms with Crippen molar-refractivity contribution < 1.29 is 4.79 Å². The van der Waals surface area contributed by atoms with Crippen LogP contribution in [0.1, 0.15) is 81.8 Å². The zero-order chi connectivity index (χ0) is 16.8. The van der Waals surface area contributed by atoms with Gasteiger partial charge < -0.3 is 15.2 Å². The molecule has 134 valence electrons. The quantitative estimate of drug-likeness (QED) is 0.860. The van der Waals surface area contributed by atoms with E-state index in [1.54, 1.807) is 0 Å². The summed E-state index contributed by atoms with van der Waals surface area (Å²) in [5.41, 5.74) is 1.25. The third kappa shape index (κ3) is 4.52. The fraction of sp³-hybridized carbons (Fsp3) is 0.789. The number of aryl methyl sites for hydroxylation is 1. The molecule has 0 unspecified atom stereocenters. The number of aromatic nitrogens is 2. The summed E-state index contributed by atoms with van der Waals surface area (Å²) in [5.74, 6) is 1.12. The van der Waals surface area contributed by atoms with Crippen LogP contribution in [-0.2, 0) is 6.42 Å². The van der Waals surface area contributed by atoms with Crippen LogP contribution in [0.5, 0.6) is 0 Å². The SMILES string of the molecule is Cc1cnc(CCNC(=O)NC2CCCCC2)n1C1CCCCC1. The highest BCUT2D eigenvalue weighted by Crippen LogP contribution is 2.30. The Labute approximate surface area is 145 Å². The van der Waals surface area contributed by atoms with Crippen molar-refractivity contribution in [3.63, 3.8) is 0 Å². The Hall–Kier alpha value is -1.52. The Morgan fingerprint density at radius 3 is 2.50 bits per heavy atom. The van der Waals surface area contributed by atoms with Crippen molar-refractivity contribution in [1.29, 1.82) is 0 Å². The second-order valence-electron chi connectivity index (χ2n) is 7.46. The van der Waals surface area contributed by atoms with Gasteiger partial charge in [0.25, 0.3) is 0 Å². The van der Waals surface area contributed by atoms with Crippen LogP contribution in [0, 0.1) is 6.92 Å². The summed E-state index contributed by atoms with van der Waals surface area (Å²) in [6.07, 6.45) is 15.4. The van der Waals surface area contributed by atoms with Crippen LogP contribution in [0.3, 0.4) is 0 Å². The summed E-state index contributed by atoms with van der Waals surface area (Å²) in [6.45, 7) is 2.80. The molecule has 2 amide bonds. The number of carbonyl (C=O) groups excluding carboxylic acids is 1. The molecule has 5 nitrogen and oxygen atoms in total. The Kier molecular flexibility index (Phi) is 6.16. The summed E-state index contributed by atoms with van der Waals surface area (Å²) in [5, 5.41) is 6.13. The van der Waals surface area contributed by atoms with Gasteiger partial charge in [0.05, 0.1) is 0 Å². The summed E-state index contributed by atoms with van der Waals surface area (Å²) in [7, 11) is 0.